The van der Waals surface area contributed by atoms with Crippen LogP contribution in [0, 0.1) is 5.41 Å². The fourth-order valence-electron chi connectivity index (χ4n) is 2.26. The van der Waals surface area contributed by atoms with Gasteiger partial charge in [0.2, 0.25) is 0 Å². The molecular weight excluding hydrogens is 202 g/mol. The van der Waals surface area contributed by atoms with E-state index in [1.807, 2.05) is 18.2 Å². The van der Waals surface area contributed by atoms with Crippen molar-refractivity contribution in [2.75, 3.05) is 7.11 Å². The van der Waals surface area contributed by atoms with Crippen LogP contribution in [-0.4, -0.2) is 23.5 Å². The Morgan fingerprint density at radius 2 is 2.06 bits per heavy atom. The Morgan fingerprint density at radius 1 is 1.38 bits per heavy atom. The van der Waals surface area contributed by atoms with Crippen LogP contribution in [0.5, 0.6) is 5.75 Å². The van der Waals surface area contributed by atoms with E-state index in [0.717, 1.165) is 24.2 Å². The highest BCUT2D eigenvalue weighted by atomic mass is 16.5. The Kier molecular flexibility index (Phi) is 2.97. The van der Waals surface area contributed by atoms with Crippen LogP contribution in [0.4, 0.5) is 0 Å². The molecule has 2 N–H and O–H groups in total. The highest BCUT2D eigenvalue weighted by Crippen LogP contribution is 2.33. The van der Waals surface area contributed by atoms with Gasteiger partial charge in [-0.25, -0.2) is 0 Å². The molecule has 0 bridgehead atoms. The van der Waals surface area contributed by atoms with Crippen molar-refractivity contribution < 1.29 is 9.84 Å². The number of benzene rings is 1. The molecule has 16 heavy (non-hydrogen) atoms. The molecule has 1 aliphatic rings. The number of hydrogen-bond acceptors (Lipinski definition) is 3. The summed E-state index contributed by atoms with van der Waals surface area (Å²) in [5.74, 6) is 0.726. The third-order valence-corrected chi connectivity index (χ3v) is 3.25. The number of ether oxygens (including phenoxy) is 1. The maximum absolute atomic E-state index is 10.3. The van der Waals surface area contributed by atoms with Crippen LogP contribution in [0.2, 0.25) is 0 Å². The summed E-state index contributed by atoms with van der Waals surface area (Å²) in [6.45, 7) is 0. The van der Waals surface area contributed by atoms with E-state index >= 15 is 0 Å². The van der Waals surface area contributed by atoms with Crippen LogP contribution >= 0.6 is 0 Å². The fraction of sp³-hybridized carbons (Fsp3) is 0.462. The van der Waals surface area contributed by atoms with E-state index < -0.39 is 5.60 Å². The van der Waals surface area contributed by atoms with Crippen molar-refractivity contribution in [1.82, 2.24) is 0 Å². The van der Waals surface area contributed by atoms with Crippen LogP contribution in [0.1, 0.15) is 31.2 Å². The molecule has 3 nitrogen and oxygen atoms in total. The molecule has 1 aromatic rings. The molecule has 0 unspecified atom stereocenters. The van der Waals surface area contributed by atoms with Crippen LogP contribution in [0.15, 0.2) is 24.3 Å². The molecule has 0 atom stereocenters. The van der Waals surface area contributed by atoms with Crippen molar-refractivity contribution in [3.63, 3.8) is 0 Å². The molecule has 0 spiro atoms. The van der Waals surface area contributed by atoms with E-state index in [0.29, 0.717) is 18.6 Å². The van der Waals surface area contributed by atoms with Gasteiger partial charge in [-0.05, 0) is 25.0 Å². The first-order valence-electron chi connectivity index (χ1n) is 5.61. The Labute approximate surface area is 95.6 Å². The molecule has 0 aromatic heterocycles. The summed E-state index contributed by atoms with van der Waals surface area (Å²) in [4.78, 5) is 0. The van der Waals surface area contributed by atoms with Crippen LogP contribution in [-0.2, 0) is 0 Å². The SMILES string of the molecule is COc1cccc(C(=N)C2(O)CCCC2)c1. The van der Waals surface area contributed by atoms with Crippen LogP contribution < -0.4 is 4.74 Å². The topological polar surface area (TPSA) is 53.3 Å². The Balaban J connectivity index is 2.26. The molecule has 0 saturated heterocycles. The summed E-state index contributed by atoms with van der Waals surface area (Å²) in [6.07, 6.45) is 3.40. The maximum Gasteiger partial charge on any atom is 0.119 e. The second-order valence-electron chi connectivity index (χ2n) is 4.35. The molecule has 86 valence electrons. The van der Waals surface area contributed by atoms with Crippen molar-refractivity contribution in [2.24, 2.45) is 0 Å². The van der Waals surface area contributed by atoms with Gasteiger partial charge in [0.15, 0.2) is 0 Å². The van der Waals surface area contributed by atoms with Gasteiger partial charge in [-0.3, -0.25) is 0 Å². The standard InChI is InChI=1S/C13H17NO2/c1-16-11-6-4-5-10(9-11)12(14)13(15)7-2-3-8-13/h4-6,9,14-15H,2-3,7-8H2,1H3. The van der Waals surface area contributed by atoms with Gasteiger partial charge in [0.1, 0.15) is 11.4 Å². The van der Waals surface area contributed by atoms with E-state index in [4.69, 9.17) is 10.1 Å². The van der Waals surface area contributed by atoms with Gasteiger partial charge >= 0.3 is 0 Å². The smallest absolute Gasteiger partial charge is 0.119 e. The third kappa shape index (κ3) is 1.95. The zero-order valence-corrected chi connectivity index (χ0v) is 9.49. The minimum Gasteiger partial charge on any atom is -0.497 e. The van der Waals surface area contributed by atoms with E-state index in [1.165, 1.54) is 0 Å². The second kappa shape index (κ2) is 4.26. The van der Waals surface area contributed by atoms with Crippen molar-refractivity contribution >= 4 is 5.71 Å². The first-order chi connectivity index (χ1) is 7.65. The number of hydrogen-bond donors (Lipinski definition) is 2. The van der Waals surface area contributed by atoms with Gasteiger partial charge in [-0.2, -0.15) is 0 Å². The van der Waals surface area contributed by atoms with Gasteiger partial charge < -0.3 is 15.3 Å². The predicted molar refractivity (Wildman–Crippen MR) is 63.2 cm³/mol. The molecule has 2 rings (SSSR count). The Morgan fingerprint density at radius 3 is 2.69 bits per heavy atom. The minimum atomic E-state index is -0.924. The maximum atomic E-state index is 10.3. The number of rotatable bonds is 3. The molecule has 1 fully saturated rings. The zero-order valence-electron chi connectivity index (χ0n) is 9.49. The van der Waals surface area contributed by atoms with Crippen molar-refractivity contribution in [3.8, 4) is 5.75 Å². The van der Waals surface area contributed by atoms with E-state index in [1.54, 1.807) is 13.2 Å². The van der Waals surface area contributed by atoms with Crippen molar-refractivity contribution in [3.05, 3.63) is 29.8 Å². The average molecular weight is 219 g/mol. The molecule has 1 aliphatic carbocycles. The van der Waals surface area contributed by atoms with E-state index in [9.17, 15) is 5.11 Å². The normalized spacial score (nSPS) is 18.4. The van der Waals surface area contributed by atoms with Crippen molar-refractivity contribution in [2.45, 2.75) is 31.3 Å². The molecular formula is C13H17NO2. The number of methoxy groups -OCH3 is 1. The van der Waals surface area contributed by atoms with Crippen LogP contribution in [0.25, 0.3) is 0 Å². The van der Waals surface area contributed by atoms with E-state index in [-0.39, 0.29) is 0 Å². The molecule has 1 aromatic carbocycles. The summed E-state index contributed by atoms with van der Waals surface area (Å²) in [6, 6.07) is 7.34. The zero-order chi connectivity index (χ0) is 11.6. The minimum absolute atomic E-state index is 0.323. The summed E-state index contributed by atoms with van der Waals surface area (Å²) in [5.41, 5.74) is 0.152. The van der Waals surface area contributed by atoms with Gasteiger partial charge in [0.05, 0.1) is 12.8 Å². The predicted octanol–water partition coefficient (Wildman–Crippen LogP) is 2.37. The lowest BCUT2D eigenvalue weighted by Gasteiger charge is -2.23. The third-order valence-electron chi connectivity index (χ3n) is 3.25. The Hall–Kier alpha value is -1.35. The van der Waals surface area contributed by atoms with E-state index in [2.05, 4.69) is 0 Å². The second-order valence-corrected chi connectivity index (χ2v) is 4.35. The summed E-state index contributed by atoms with van der Waals surface area (Å²) in [7, 11) is 1.60. The van der Waals surface area contributed by atoms with Gasteiger partial charge in [0.25, 0.3) is 0 Å². The number of nitrogens with one attached hydrogen (secondary N) is 1. The van der Waals surface area contributed by atoms with Crippen LogP contribution in [0.3, 0.4) is 0 Å². The highest BCUT2D eigenvalue weighted by Gasteiger charge is 2.36. The highest BCUT2D eigenvalue weighted by molar-refractivity contribution is 6.04. The molecule has 0 amide bonds. The molecule has 1 saturated carbocycles. The van der Waals surface area contributed by atoms with Gasteiger partial charge in [0, 0.05) is 5.56 Å². The quantitative estimate of drug-likeness (QED) is 0.767. The summed E-state index contributed by atoms with van der Waals surface area (Å²) < 4.78 is 5.12. The first-order valence-corrected chi connectivity index (χ1v) is 5.61. The summed E-state index contributed by atoms with van der Waals surface area (Å²) >= 11 is 0. The first kappa shape index (κ1) is 11.1. The number of aliphatic hydroxyl groups is 1. The lowest BCUT2D eigenvalue weighted by Crippen LogP contribution is -2.35. The molecule has 3 heteroatoms. The largest absolute Gasteiger partial charge is 0.497 e. The lowest BCUT2D eigenvalue weighted by atomic mass is 9.90. The van der Waals surface area contributed by atoms with Gasteiger partial charge in [-0.15, -0.1) is 0 Å². The van der Waals surface area contributed by atoms with Crippen molar-refractivity contribution in [1.29, 1.82) is 5.41 Å². The molecule has 0 aliphatic heterocycles. The monoisotopic (exact) mass is 219 g/mol. The van der Waals surface area contributed by atoms with Gasteiger partial charge in [-0.1, -0.05) is 25.0 Å². The summed E-state index contributed by atoms with van der Waals surface area (Å²) in [5, 5.41) is 18.4. The lowest BCUT2D eigenvalue weighted by molar-refractivity contribution is 0.120. The fourth-order valence-corrected chi connectivity index (χ4v) is 2.26. The molecule has 0 heterocycles. The molecule has 0 radical (unpaired) electrons. The average Bonchev–Trinajstić information content (AvgIpc) is 2.76. The Bertz CT molecular complexity index is 395.